The lowest BCUT2D eigenvalue weighted by atomic mass is 9.63. The zero-order chi connectivity index (χ0) is 14.9. The van der Waals surface area contributed by atoms with Gasteiger partial charge in [-0.1, -0.05) is 42.0 Å². The molecule has 5 rings (SSSR count). The second kappa shape index (κ2) is 4.23. The molecular formula is C20H17ClO. The highest BCUT2D eigenvalue weighted by molar-refractivity contribution is 6.35. The number of carbonyl (C=O) groups is 1. The molecule has 0 amide bonds. The third kappa shape index (κ3) is 1.58. The van der Waals surface area contributed by atoms with Crippen LogP contribution in [0.1, 0.15) is 24.0 Å². The molecule has 0 heterocycles. The molecule has 0 N–H and O–H groups in total. The number of hydrogen-bond acceptors (Lipinski definition) is 1. The number of carbonyl (C=O) groups excluding carboxylic acids is 1. The average molecular weight is 309 g/mol. The maximum atomic E-state index is 12.9. The molecule has 3 aliphatic carbocycles. The molecule has 110 valence electrons. The minimum Gasteiger partial charge on any atom is -0.299 e. The molecule has 2 aromatic rings. The average Bonchev–Trinajstić information content (AvgIpc) is 3.09. The van der Waals surface area contributed by atoms with Crippen molar-refractivity contribution in [3.8, 4) is 0 Å². The fraction of sp³-hybridized carbons (Fsp3) is 0.350. The minimum atomic E-state index is -0.124. The molecule has 22 heavy (non-hydrogen) atoms. The van der Waals surface area contributed by atoms with Crippen molar-refractivity contribution in [3.63, 3.8) is 0 Å². The van der Waals surface area contributed by atoms with Gasteiger partial charge in [-0.25, -0.2) is 0 Å². The Balaban J connectivity index is 1.67. The van der Waals surface area contributed by atoms with Gasteiger partial charge in [0.25, 0.3) is 0 Å². The van der Waals surface area contributed by atoms with Crippen molar-refractivity contribution in [3.05, 3.63) is 58.6 Å². The molecule has 3 aliphatic rings. The first kappa shape index (κ1) is 12.9. The Morgan fingerprint density at radius 1 is 1.14 bits per heavy atom. The van der Waals surface area contributed by atoms with Gasteiger partial charge in [0.05, 0.1) is 0 Å². The van der Waals surface area contributed by atoms with Gasteiger partial charge in [-0.15, -0.1) is 0 Å². The standard InChI is InChI=1S/C20H17ClO/c21-18-3-1-2-13-7-14-9-19(22)20(11-15(14)8-17(13)18)10-12-4-5-16(20)6-12/h1-5,7-8,12,16H,6,9-11H2. The molecule has 0 aliphatic heterocycles. The van der Waals surface area contributed by atoms with Crippen molar-refractivity contribution in [1.29, 1.82) is 0 Å². The molecule has 3 unspecified atom stereocenters. The van der Waals surface area contributed by atoms with E-state index >= 15 is 0 Å². The molecular weight excluding hydrogens is 292 g/mol. The van der Waals surface area contributed by atoms with Gasteiger partial charge in [0.15, 0.2) is 0 Å². The predicted octanol–water partition coefficient (Wildman–Crippen LogP) is 4.74. The third-order valence-corrected chi connectivity index (χ3v) is 6.40. The molecule has 0 radical (unpaired) electrons. The van der Waals surface area contributed by atoms with Gasteiger partial charge in [0.2, 0.25) is 0 Å². The van der Waals surface area contributed by atoms with E-state index in [9.17, 15) is 4.79 Å². The zero-order valence-electron chi connectivity index (χ0n) is 12.3. The Morgan fingerprint density at radius 2 is 2.05 bits per heavy atom. The van der Waals surface area contributed by atoms with Gasteiger partial charge in [0, 0.05) is 22.2 Å². The molecule has 2 bridgehead atoms. The topological polar surface area (TPSA) is 17.1 Å². The van der Waals surface area contributed by atoms with Crippen LogP contribution in [0.4, 0.5) is 0 Å². The Bertz CT molecular complexity index is 850. The first-order valence-corrected chi connectivity index (χ1v) is 8.45. The molecule has 1 fully saturated rings. The van der Waals surface area contributed by atoms with Gasteiger partial charge < -0.3 is 0 Å². The lowest BCUT2D eigenvalue weighted by Crippen LogP contribution is -2.41. The number of Topliss-reactive ketones (excluding diaryl/α,β-unsaturated/α-hetero) is 1. The van der Waals surface area contributed by atoms with Gasteiger partial charge in [-0.2, -0.15) is 0 Å². The third-order valence-electron chi connectivity index (χ3n) is 6.07. The number of rotatable bonds is 0. The second-order valence-electron chi connectivity index (χ2n) is 7.21. The van der Waals surface area contributed by atoms with Crippen LogP contribution in [0.3, 0.4) is 0 Å². The van der Waals surface area contributed by atoms with Crippen molar-refractivity contribution in [1.82, 2.24) is 0 Å². The molecule has 1 saturated carbocycles. The Morgan fingerprint density at radius 3 is 2.82 bits per heavy atom. The fourth-order valence-corrected chi connectivity index (χ4v) is 5.21. The zero-order valence-corrected chi connectivity index (χ0v) is 13.1. The lowest BCUT2D eigenvalue weighted by Gasteiger charge is -2.38. The summed E-state index contributed by atoms with van der Waals surface area (Å²) in [6, 6.07) is 10.4. The number of allylic oxidation sites excluding steroid dienone is 2. The van der Waals surface area contributed by atoms with Gasteiger partial charge >= 0.3 is 0 Å². The smallest absolute Gasteiger partial charge is 0.144 e. The summed E-state index contributed by atoms with van der Waals surface area (Å²) < 4.78 is 0. The van der Waals surface area contributed by atoms with E-state index in [-0.39, 0.29) is 5.41 Å². The Kier molecular flexibility index (Phi) is 2.48. The van der Waals surface area contributed by atoms with Crippen molar-refractivity contribution in [2.75, 3.05) is 0 Å². The maximum absolute atomic E-state index is 12.9. The molecule has 3 atom stereocenters. The largest absolute Gasteiger partial charge is 0.299 e. The summed E-state index contributed by atoms with van der Waals surface area (Å²) in [5, 5.41) is 3.06. The Hall–Kier alpha value is -1.60. The molecule has 0 aromatic heterocycles. The number of hydrogen-bond donors (Lipinski definition) is 0. The minimum absolute atomic E-state index is 0.124. The predicted molar refractivity (Wildman–Crippen MR) is 89.2 cm³/mol. The summed E-state index contributed by atoms with van der Waals surface area (Å²) in [5.41, 5.74) is 2.42. The van der Waals surface area contributed by atoms with E-state index in [0.29, 0.717) is 24.0 Å². The second-order valence-corrected chi connectivity index (χ2v) is 7.61. The van der Waals surface area contributed by atoms with Gasteiger partial charge in [0.1, 0.15) is 5.78 Å². The normalized spacial score (nSPS) is 32.1. The van der Waals surface area contributed by atoms with Crippen LogP contribution in [0, 0.1) is 17.3 Å². The lowest BCUT2D eigenvalue weighted by molar-refractivity contribution is -0.130. The van der Waals surface area contributed by atoms with Gasteiger partial charge in [-0.05, 0) is 59.7 Å². The summed E-state index contributed by atoms with van der Waals surface area (Å²) in [5.74, 6) is 1.54. The van der Waals surface area contributed by atoms with Crippen molar-refractivity contribution >= 4 is 28.2 Å². The van der Waals surface area contributed by atoms with E-state index in [4.69, 9.17) is 11.6 Å². The van der Waals surface area contributed by atoms with Crippen LogP contribution >= 0.6 is 11.6 Å². The highest BCUT2D eigenvalue weighted by Crippen LogP contribution is 2.56. The first-order chi connectivity index (χ1) is 10.7. The number of benzene rings is 2. The monoisotopic (exact) mass is 308 g/mol. The van der Waals surface area contributed by atoms with Crippen LogP contribution in [0.5, 0.6) is 0 Å². The highest BCUT2D eigenvalue weighted by Gasteiger charge is 2.54. The van der Waals surface area contributed by atoms with Crippen LogP contribution in [0.2, 0.25) is 5.02 Å². The number of fused-ring (bicyclic) bond motifs is 5. The molecule has 1 spiro atoms. The quantitative estimate of drug-likeness (QED) is 0.642. The van der Waals surface area contributed by atoms with Crippen LogP contribution in [-0.4, -0.2) is 5.78 Å². The van der Waals surface area contributed by atoms with Crippen molar-refractivity contribution in [2.24, 2.45) is 17.3 Å². The summed E-state index contributed by atoms with van der Waals surface area (Å²) in [6.07, 6.45) is 8.33. The molecule has 2 heteroatoms. The molecule has 2 aromatic carbocycles. The van der Waals surface area contributed by atoms with E-state index in [0.717, 1.165) is 28.6 Å². The maximum Gasteiger partial charge on any atom is 0.144 e. The number of halogens is 1. The summed E-state index contributed by atoms with van der Waals surface area (Å²) in [4.78, 5) is 12.9. The fourth-order valence-electron chi connectivity index (χ4n) is 4.97. The summed E-state index contributed by atoms with van der Waals surface area (Å²) in [6.45, 7) is 0. The van der Waals surface area contributed by atoms with Crippen molar-refractivity contribution < 1.29 is 4.79 Å². The van der Waals surface area contributed by atoms with E-state index in [1.165, 1.54) is 17.5 Å². The van der Waals surface area contributed by atoms with E-state index in [2.05, 4.69) is 30.4 Å². The molecule has 0 saturated heterocycles. The van der Waals surface area contributed by atoms with Crippen LogP contribution < -0.4 is 0 Å². The summed E-state index contributed by atoms with van der Waals surface area (Å²) in [7, 11) is 0. The SMILES string of the molecule is O=C1Cc2cc3cccc(Cl)c3cc2CC12CC1C=CC2C1. The Labute approximate surface area is 135 Å². The van der Waals surface area contributed by atoms with Crippen LogP contribution in [0.15, 0.2) is 42.5 Å². The highest BCUT2D eigenvalue weighted by atomic mass is 35.5. The molecule has 1 nitrogen and oxygen atoms in total. The van der Waals surface area contributed by atoms with E-state index < -0.39 is 0 Å². The first-order valence-electron chi connectivity index (χ1n) is 8.07. The summed E-state index contributed by atoms with van der Waals surface area (Å²) >= 11 is 6.36. The van der Waals surface area contributed by atoms with E-state index in [1.54, 1.807) is 0 Å². The van der Waals surface area contributed by atoms with Crippen LogP contribution in [0.25, 0.3) is 10.8 Å². The number of ketones is 1. The van der Waals surface area contributed by atoms with Gasteiger partial charge in [-0.3, -0.25) is 4.79 Å². The van der Waals surface area contributed by atoms with Crippen molar-refractivity contribution in [2.45, 2.75) is 25.7 Å². The van der Waals surface area contributed by atoms with Crippen LogP contribution in [-0.2, 0) is 17.6 Å². The van der Waals surface area contributed by atoms with E-state index in [1.807, 2.05) is 12.1 Å².